The number of anilines is 1. The molecule has 0 aliphatic carbocycles. The van der Waals surface area contributed by atoms with Crippen LogP contribution in [-0.2, 0) is 17.4 Å². The number of H-pyrrole nitrogens is 1. The third kappa shape index (κ3) is 2.39. The molecule has 122 valence electrons. The van der Waals surface area contributed by atoms with Gasteiger partial charge in [-0.2, -0.15) is 13.2 Å². The Balaban J connectivity index is 2.04. The van der Waals surface area contributed by atoms with Crippen molar-refractivity contribution in [1.29, 1.82) is 0 Å². The first-order valence-electron chi connectivity index (χ1n) is 7.14. The number of nitrogens with one attached hydrogen (secondary N) is 2. The number of amides is 1. The van der Waals surface area contributed by atoms with Gasteiger partial charge in [-0.1, -0.05) is 15.9 Å². The lowest BCUT2D eigenvalue weighted by Gasteiger charge is -2.12. The average Bonchev–Trinajstić information content (AvgIpc) is 2.77. The quantitative estimate of drug-likeness (QED) is 0.546. The van der Waals surface area contributed by atoms with Gasteiger partial charge in [0.05, 0.1) is 23.4 Å². The van der Waals surface area contributed by atoms with E-state index in [1.54, 1.807) is 0 Å². The monoisotopic (exact) mass is 394 g/mol. The van der Waals surface area contributed by atoms with Crippen LogP contribution in [0.25, 0.3) is 22.2 Å². The number of hydrogen-bond acceptors (Lipinski definition) is 1. The molecule has 0 saturated heterocycles. The summed E-state index contributed by atoms with van der Waals surface area (Å²) in [6.07, 6.45) is -4.34. The molecule has 0 fully saturated rings. The second-order valence-electron chi connectivity index (χ2n) is 5.65. The number of carbonyl (C=O) groups is 1. The van der Waals surface area contributed by atoms with Crippen LogP contribution in [0.4, 0.5) is 18.9 Å². The van der Waals surface area contributed by atoms with E-state index in [9.17, 15) is 18.0 Å². The van der Waals surface area contributed by atoms with Gasteiger partial charge in [0.15, 0.2) is 0 Å². The average molecular weight is 395 g/mol. The van der Waals surface area contributed by atoms with Crippen LogP contribution in [0.2, 0.25) is 0 Å². The zero-order chi connectivity index (χ0) is 17.1. The van der Waals surface area contributed by atoms with Crippen molar-refractivity contribution in [2.45, 2.75) is 12.6 Å². The second kappa shape index (κ2) is 5.11. The first kappa shape index (κ1) is 15.3. The van der Waals surface area contributed by atoms with Gasteiger partial charge in [0, 0.05) is 20.9 Å². The van der Waals surface area contributed by atoms with Gasteiger partial charge in [0.25, 0.3) is 0 Å². The number of aromatic amines is 1. The van der Waals surface area contributed by atoms with Gasteiger partial charge >= 0.3 is 6.18 Å². The van der Waals surface area contributed by atoms with Gasteiger partial charge in [0.2, 0.25) is 5.91 Å². The van der Waals surface area contributed by atoms with Crippen molar-refractivity contribution in [3.63, 3.8) is 0 Å². The number of fused-ring (bicyclic) bond motifs is 5. The lowest BCUT2D eigenvalue weighted by atomic mass is 10.0. The Labute approximate surface area is 143 Å². The lowest BCUT2D eigenvalue weighted by molar-refractivity contribution is -0.137. The van der Waals surface area contributed by atoms with E-state index >= 15 is 0 Å². The molecule has 2 heterocycles. The second-order valence-corrected chi connectivity index (χ2v) is 6.57. The first-order valence-corrected chi connectivity index (χ1v) is 7.94. The fourth-order valence-electron chi connectivity index (χ4n) is 3.02. The highest BCUT2D eigenvalue weighted by Crippen LogP contribution is 2.41. The molecule has 7 heteroatoms. The molecular formula is C17H10BrF3N2O. The van der Waals surface area contributed by atoms with Crippen LogP contribution in [0.15, 0.2) is 40.9 Å². The van der Waals surface area contributed by atoms with E-state index in [1.807, 2.05) is 18.2 Å². The van der Waals surface area contributed by atoms with E-state index in [0.29, 0.717) is 22.5 Å². The number of benzene rings is 2. The zero-order valence-electron chi connectivity index (χ0n) is 12.1. The molecule has 0 unspecified atom stereocenters. The number of halogens is 4. The summed E-state index contributed by atoms with van der Waals surface area (Å²) in [6.45, 7) is 0. The van der Waals surface area contributed by atoms with Crippen LogP contribution >= 0.6 is 15.9 Å². The Morgan fingerprint density at radius 1 is 1.08 bits per heavy atom. The van der Waals surface area contributed by atoms with Crippen molar-refractivity contribution in [2.24, 2.45) is 0 Å². The summed E-state index contributed by atoms with van der Waals surface area (Å²) in [5.74, 6) is -0.254. The van der Waals surface area contributed by atoms with Crippen LogP contribution in [0.1, 0.15) is 11.1 Å². The summed E-state index contributed by atoms with van der Waals surface area (Å²) in [5, 5.41) is 3.49. The standard InChI is InChI=1S/C17H10BrF3N2O/c18-9-2-4-13-10(6-9)11-7-15(24)22-14-3-1-8(17(19,20)21)5-12(14)16(11)23-13/h1-6,23H,7H2,(H,22,24). The van der Waals surface area contributed by atoms with E-state index in [-0.39, 0.29) is 12.3 Å². The van der Waals surface area contributed by atoms with Crippen molar-refractivity contribution in [1.82, 2.24) is 4.98 Å². The van der Waals surface area contributed by atoms with E-state index < -0.39 is 11.7 Å². The predicted molar refractivity (Wildman–Crippen MR) is 88.8 cm³/mol. The van der Waals surface area contributed by atoms with Crippen molar-refractivity contribution < 1.29 is 18.0 Å². The Kier molecular flexibility index (Phi) is 3.25. The number of hydrogen-bond donors (Lipinski definition) is 2. The fraction of sp³-hybridized carbons (Fsp3) is 0.118. The van der Waals surface area contributed by atoms with Gasteiger partial charge in [-0.3, -0.25) is 4.79 Å². The van der Waals surface area contributed by atoms with E-state index in [4.69, 9.17) is 0 Å². The van der Waals surface area contributed by atoms with Crippen molar-refractivity contribution in [2.75, 3.05) is 5.32 Å². The molecule has 4 rings (SSSR count). The summed E-state index contributed by atoms with van der Waals surface area (Å²) < 4.78 is 40.0. The summed E-state index contributed by atoms with van der Waals surface area (Å²) in [6, 6.07) is 8.88. The molecule has 3 aromatic rings. The van der Waals surface area contributed by atoms with E-state index in [0.717, 1.165) is 27.5 Å². The number of aromatic nitrogens is 1. The van der Waals surface area contributed by atoms with Crippen LogP contribution in [0.5, 0.6) is 0 Å². The molecule has 0 radical (unpaired) electrons. The smallest absolute Gasteiger partial charge is 0.354 e. The molecule has 0 spiro atoms. The third-order valence-corrected chi connectivity index (χ3v) is 4.59. The maximum absolute atomic E-state index is 13.1. The molecule has 1 aromatic heterocycles. The molecule has 24 heavy (non-hydrogen) atoms. The summed E-state index contributed by atoms with van der Waals surface area (Å²) in [4.78, 5) is 15.3. The zero-order valence-corrected chi connectivity index (χ0v) is 13.7. The van der Waals surface area contributed by atoms with Crippen LogP contribution in [0, 0.1) is 0 Å². The molecule has 2 aromatic carbocycles. The lowest BCUT2D eigenvalue weighted by Crippen LogP contribution is -2.13. The minimum Gasteiger partial charge on any atom is -0.354 e. The Morgan fingerprint density at radius 3 is 2.62 bits per heavy atom. The number of carbonyl (C=O) groups excluding carboxylic acids is 1. The predicted octanol–water partition coefficient (Wildman–Crippen LogP) is 5.11. The molecule has 1 aliphatic rings. The molecule has 1 amide bonds. The van der Waals surface area contributed by atoms with Crippen LogP contribution in [0.3, 0.4) is 0 Å². The minimum atomic E-state index is -4.44. The molecule has 3 nitrogen and oxygen atoms in total. The molecular weight excluding hydrogens is 385 g/mol. The van der Waals surface area contributed by atoms with Gasteiger partial charge in [-0.15, -0.1) is 0 Å². The third-order valence-electron chi connectivity index (χ3n) is 4.10. The first-order chi connectivity index (χ1) is 11.3. The summed E-state index contributed by atoms with van der Waals surface area (Å²) in [7, 11) is 0. The minimum absolute atomic E-state index is 0.0990. The molecule has 1 aliphatic heterocycles. The molecule has 0 bridgehead atoms. The Hall–Kier alpha value is -2.28. The largest absolute Gasteiger partial charge is 0.416 e. The van der Waals surface area contributed by atoms with Gasteiger partial charge in [-0.25, -0.2) is 0 Å². The summed E-state index contributed by atoms with van der Waals surface area (Å²) >= 11 is 3.39. The number of rotatable bonds is 0. The van der Waals surface area contributed by atoms with Gasteiger partial charge in [0.1, 0.15) is 0 Å². The maximum Gasteiger partial charge on any atom is 0.416 e. The van der Waals surface area contributed by atoms with Crippen molar-refractivity contribution >= 4 is 38.4 Å². The van der Waals surface area contributed by atoms with Crippen LogP contribution in [-0.4, -0.2) is 10.9 Å². The van der Waals surface area contributed by atoms with Gasteiger partial charge in [-0.05, 0) is 42.0 Å². The van der Waals surface area contributed by atoms with E-state index in [1.165, 1.54) is 6.07 Å². The normalized spacial score (nSPS) is 14.1. The maximum atomic E-state index is 13.1. The molecule has 0 saturated carbocycles. The number of alkyl halides is 3. The highest BCUT2D eigenvalue weighted by molar-refractivity contribution is 9.10. The molecule has 2 N–H and O–H groups in total. The van der Waals surface area contributed by atoms with Crippen LogP contribution < -0.4 is 5.32 Å². The highest BCUT2D eigenvalue weighted by Gasteiger charge is 2.32. The van der Waals surface area contributed by atoms with E-state index in [2.05, 4.69) is 26.2 Å². The van der Waals surface area contributed by atoms with Gasteiger partial charge < -0.3 is 10.3 Å². The fourth-order valence-corrected chi connectivity index (χ4v) is 3.39. The van der Waals surface area contributed by atoms with Crippen molar-refractivity contribution in [3.8, 4) is 11.3 Å². The Morgan fingerprint density at radius 2 is 1.88 bits per heavy atom. The van der Waals surface area contributed by atoms with Crippen molar-refractivity contribution in [3.05, 3.63) is 52.0 Å². The molecule has 0 atom stereocenters. The SMILES string of the molecule is O=C1Cc2c([nH]c3ccc(Br)cc23)-c2cc(C(F)(F)F)ccc2N1. The highest BCUT2D eigenvalue weighted by atomic mass is 79.9. The Bertz CT molecular complexity index is 991. The topological polar surface area (TPSA) is 44.9 Å². The summed E-state index contributed by atoms with van der Waals surface area (Å²) in [5.41, 5.74) is 1.99.